The van der Waals surface area contributed by atoms with Crippen LogP contribution in [0.1, 0.15) is 5.82 Å². The van der Waals surface area contributed by atoms with Crippen molar-refractivity contribution in [3.05, 3.63) is 18.2 Å². The molecule has 17 heavy (non-hydrogen) atoms. The molecule has 2 rings (SSSR count). The minimum Gasteiger partial charge on any atom is -0.449 e. The predicted molar refractivity (Wildman–Crippen MR) is 50.0 cm³/mol. The first-order chi connectivity index (χ1) is 7.91. The molecule has 2 heterocycles. The van der Waals surface area contributed by atoms with E-state index in [0.29, 0.717) is 5.82 Å². The summed E-state index contributed by atoms with van der Waals surface area (Å²) < 4.78 is 40.8. The number of carbonyl (C=O) groups is 1. The summed E-state index contributed by atoms with van der Waals surface area (Å²) in [6, 6.07) is 0. The average molecular weight is 249 g/mol. The Morgan fingerprint density at radius 1 is 1.53 bits per heavy atom. The fourth-order valence-corrected chi connectivity index (χ4v) is 1.59. The van der Waals surface area contributed by atoms with Gasteiger partial charge in [-0.25, -0.2) is 9.78 Å². The van der Waals surface area contributed by atoms with E-state index in [0.717, 1.165) is 0 Å². The molecule has 0 bridgehead atoms. The van der Waals surface area contributed by atoms with Crippen molar-refractivity contribution in [1.82, 2.24) is 15.3 Å². The zero-order chi connectivity index (χ0) is 12.5. The van der Waals surface area contributed by atoms with Gasteiger partial charge in [-0.15, -0.1) is 0 Å². The normalized spacial score (nSPS) is 18.5. The number of alkyl halides is 3. The molecular formula is C9H10F3N3O2. The summed E-state index contributed by atoms with van der Waals surface area (Å²) in [5.41, 5.74) is -1.15. The van der Waals surface area contributed by atoms with Crippen LogP contribution in [0, 0.1) is 0 Å². The molecule has 1 aliphatic heterocycles. The van der Waals surface area contributed by atoms with Gasteiger partial charge in [-0.05, 0) is 0 Å². The molecule has 5 nitrogen and oxygen atoms in total. The van der Waals surface area contributed by atoms with Crippen LogP contribution >= 0.6 is 0 Å². The second kappa shape index (κ2) is 4.02. The number of esters is 1. The monoisotopic (exact) mass is 249 g/mol. The molecule has 94 valence electrons. The number of aromatic nitrogens is 2. The molecular weight excluding hydrogens is 239 g/mol. The van der Waals surface area contributed by atoms with Gasteiger partial charge in [-0.3, -0.25) is 0 Å². The second-order valence-electron chi connectivity index (χ2n) is 3.89. The first kappa shape index (κ1) is 11.9. The summed E-state index contributed by atoms with van der Waals surface area (Å²) in [7, 11) is 0. The van der Waals surface area contributed by atoms with Gasteiger partial charge in [0.2, 0.25) is 0 Å². The molecule has 1 fully saturated rings. The molecule has 0 aliphatic carbocycles. The van der Waals surface area contributed by atoms with Crippen LogP contribution in [0.25, 0.3) is 0 Å². The lowest BCUT2D eigenvalue weighted by Gasteiger charge is -2.41. The summed E-state index contributed by atoms with van der Waals surface area (Å²) in [4.78, 5) is 17.5. The molecule has 0 unspecified atom stereocenters. The van der Waals surface area contributed by atoms with Crippen molar-refractivity contribution < 1.29 is 22.7 Å². The summed E-state index contributed by atoms with van der Waals surface area (Å²) in [5.74, 6) is -1.67. The highest BCUT2D eigenvalue weighted by molar-refractivity contribution is 5.76. The number of nitrogens with one attached hydrogen (secondary N) is 2. The fraction of sp³-hybridized carbons (Fsp3) is 0.556. The Labute approximate surface area is 94.4 Å². The first-order valence-electron chi connectivity index (χ1n) is 4.90. The Bertz CT molecular complexity index is 398. The second-order valence-corrected chi connectivity index (χ2v) is 3.89. The third-order valence-electron chi connectivity index (χ3n) is 2.48. The van der Waals surface area contributed by atoms with Gasteiger partial charge < -0.3 is 15.0 Å². The maximum Gasteiger partial charge on any atom is 0.490 e. The van der Waals surface area contributed by atoms with Crippen LogP contribution in [-0.4, -0.2) is 40.8 Å². The topological polar surface area (TPSA) is 67.0 Å². The van der Waals surface area contributed by atoms with Crippen LogP contribution in [0.3, 0.4) is 0 Å². The zero-order valence-electron chi connectivity index (χ0n) is 8.67. The fourth-order valence-electron chi connectivity index (χ4n) is 1.59. The van der Waals surface area contributed by atoms with Crippen molar-refractivity contribution in [2.45, 2.75) is 18.2 Å². The zero-order valence-corrected chi connectivity index (χ0v) is 8.67. The highest BCUT2D eigenvalue weighted by atomic mass is 19.4. The van der Waals surface area contributed by atoms with E-state index in [4.69, 9.17) is 0 Å². The van der Waals surface area contributed by atoms with Gasteiger partial charge in [-0.1, -0.05) is 0 Å². The first-order valence-corrected chi connectivity index (χ1v) is 4.90. The largest absolute Gasteiger partial charge is 0.490 e. The summed E-state index contributed by atoms with van der Waals surface area (Å²) in [6.07, 6.45) is -1.79. The van der Waals surface area contributed by atoms with Crippen molar-refractivity contribution in [1.29, 1.82) is 0 Å². The Balaban J connectivity index is 2.03. The molecule has 1 saturated heterocycles. The third kappa shape index (κ3) is 2.57. The van der Waals surface area contributed by atoms with Gasteiger partial charge in [0.25, 0.3) is 0 Å². The van der Waals surface area contributed by atoms with Crippen LogP contribution < -0.4 is 5.32 Å². The smallest absolute Gasteiger partial charge is 0.449 e. The molecule has 0 spiro atoms. The number of ether oxygens (including phenoxy) is 1. The highest BCUT2D eigenvalue weighted by Crippen LogP contribution is 2.26. The summed E-state index contributed by atoms with van der Waals surface area (Å²) in [5, 5.41) is 2.79. The van der Waals surface area contributed by atoms with Gasteiger partial charge in [-0.2, -0.15) is 13.2 Å². The summed E-state index contributed by atoms with van der Waals surface area (Å²) >= 11 is 0. The van der Waals surface area contributed by atoms with E-state index in [-0.39, 0.29) is 19.5 Å². The van der Waals surface area contributed by atoms with Crippen molar-refractivity contribution in [3.8, 4) is 0 Å². The van der Waals surface area contributed by atoms with Gasteiger partial charge >= 0.3 is 12.1 Å². The third-order valence-corrected chi connectivity index (χ3v) is 2.48. The van der Waals surface area contributed by atoms with Crippen molar-refractivity contribution >= 4 is 5.97 Å². The molecule has 0 aromatic carbocycles. The maximum atomic E-state index is 12.1. The number of rotatable bonds is 3. The number of nitrogens with zero attached hydrogens (tertiary/aromatic N) is 1. The molecule has 0 saturated carbocycles. The molecule has 0 radical (unpaired) electrons. The van der Waals surface area contributed by atoms with E-state index in [2.05, 4.69) is 20.0 Å². The molecule has 1 aromatic rings. The number of imidazole rings is 1. The van der Waals surface area contributed by atoms with Crippen LogP contribution in [0.4, 0.5) is 13.2 Å². The van der Waals surface area contributed by atoms with E-state index < -0.39 is 17.7 Å². The van der Waals surface area contributed by atoms with E-state index in [1.165, 1.54) is 6.20 Å². The van der Waals surface area contributed by atoms with E-state index in [1.807, 2.05) is 0 Å². The molecule has 2 N–H and O–H groups in total. The summed E-state index contributed by atoms with van der Waals surface area (Å²) in [6.45, 7) is 0.380. The quantitative estimate of drug-likeness (QED) is 0.761. The SMILES string of the molecule is O=C(OC1(Cc2ncc[nH]2)CNC1)C(F)(F)F. The molecule has 0 amide bonds. The van der Waals surface area contributed by atoms with Gasteiger partial charge in [0, 0.05) is 31.9 Å². The maximum absolute atomic E-state index is 12.1. The van der Waals surface area contributed by atoms with E-state index in [1.54, 1.807) is 6.20 Å². The predicted octanol–water partition coefficient (Wildman–Crippen LogP) is 0.400. The number of H-pyrrole nitrogens is 1. The average Bonchev–Trinajstić information content (AvgIpc) is 2.65. The Morgan fingerprint density at radius 2 is 2.24 bits per heavy atom. The minimum atomic E-state index is -4.97. The Morgan fingerprint density at radius 3 is 2.65 bits per heavy atom. The van der Waals surface area contributed by atoms with E-state index >= 15 is 0 Å². The number of aromatic amines is 1. The minimum absolute atomic E-state index is 0.134. The highest BCUT2D eigenvalue weighted by Gasteiger charge is 2.49. The van der Waals surface area contributed by atoms with Crippen LogP contribution in [0.15, 0.2) is 12.4 Å². The van der Waals surface area contributed by atoms with Crippen LogP contribution in [-0.2, 0) is 16.0 Å². The van der Waals surface area contributed by atoms with Crippen LogP contribution in [0.5, 0.6) is 0 Å². The lowest BCUT2D eigenvalue weighted by atomic mass is 9.92. The Hall–Kier alpha value is -1.57. The number of hydrogen-bond donors (Lipinski definition) is 2. The molecule has 0 atom stereocenters. The molecule has 1 aromatic heterocycles. The number of halogens is 3. The van der Waals surface area contributed by atoms with E-state index in [9.17, 15) is 18.0 Å². The number of carbonyl (C=O) groups excluding carboxylic acids is 1. The lowest BCUT2D eigenvalue weighted by molar-refractivity contribution is -0.218. The van der Waals surface area contributed by atoms with Crippen molar-refractivity contribution in [3.63, 3.8) is 0 Å². The van der Waals surface area contributed by atoms with Gasteiger partial charge in [0.1, 0.15) is 11.4 Å². The van der Waals surface area contributed by atoms with Gasteiger partial charge in [0.05, 0.1) is 0 Å². The number of hydrogen-bond acceptors (Lipinski definition) is 4. The Kier molecular flexibility index (Phi) is 2.82. The van der Waals surface area contributed by atoms with Crippen molar-refractivity contribution in [2.75, 3.05) is 13.1 Å². The van der Waals surface area contributed by atoms with Crippen molar-refractivity contribution in [2.24, 2.45) is 0 Å². The molecule has 8 heteroatoms. The standard InChI is InChI=1S/C9H10F3N3O2/c10-9(11,12)7(16)17-8(4-13-5-8)3-6-14-1-2-15-6/h1-2,13H,3-5H2,(H,14,15). The molecule has 1 aliphatic rings. The van der Waals surface area contributed by atoms with Gasteiger partial charge in [0.15, 0.2) is 0 Å². The van der Waals surface area contributed by atoms with Crippen LogP contribution in [0.2, 0.25) is 0 Å². The lowest BCUT2D eigenvalue weighted by Crippen LogP contribution is -2.64.